The molecule has 0 atom stereocenters. The second-order valence-corrected chi connectivity index (χ2v) is 6.48. The van der Waals surface area contributed by atoms with Crippen LogP contribution < -0.4 is 5.32 Å². The molecule has 0 heterocycles. The van der Waals surface area contributed by atoms with Crippen molar-refractivity contribution >= 4 is 23.4 Å². The van der Waals surface area contributed by atoms with Crippen LogP contribution in [-0.2, 0) is 10.2 Å². The normalized spacial score (nSPS) is 16.1. The third-order valence-corrected chi connectivity index (χ3v) is 3.39. The van der Waals surface area contributed by atoms with Crippen molar-refractivity contribution in [3.05, 3.63) is 28.8 Å². The van der Waals surface area contributed by atoms with Gasteiger partial charge in [0.25, 0.3) is 0 Å². The molecule has 106 valence electrons. The van der Waals surface area contributed by atoms with Crippen LogP contribution in [-0.4, -0.2) is 11.7 Å². The summed E-state index contributed by atoms with van der Waals surface area (Å²) in [4.78, 5) is 11.9. The number of nitrogens with one attached hydrogen (secondary N) is 1. The van der Waals surface area contributed by atoms with Crippen LogP contribution in [0.5, 0.6) is 0 Å². The van der Waals surface area contributed by atoms with E-state index in [9.17, 15) is 4.79 Å². The van der Waals surface area contributed by atoms with Crippen molar-refractivity contribution in [2.45, 2.75) is 44.6 Å². The molecule has 20 heavy (non-hydrogen) atoms. The second kappa shape index (κ2) is 5.03. The Morgan fingerprint density at radius 2 is 2.10 bits per heavy atom. The molecule has 1 aromatic rings. The summed E-state index contributed by atoms with van der Waals surface area (Å²) in [6, 6.07) is 5.37. The van der Waals surface area contributed by atoms with Crippen LogP contribution in [0.3, 0.4) is 0 Å². The first-order valence-corrected chi connectivity index (χ1v) is 6.91. The number of carbonyl (C=O) groups is 1. The van der Waals surface area contributed by atoms with E-state index in [0.29, 0.717) is 10.7 Å². The van der Waals surface area contributed by atoms with Gasteiger partial charge >= 0.3 is 6.09 Å². The molecule has 2 rings (SSSR count). The predicted molar refractivity (Wildman–Crippen MR) is 81.1 cm³/mol. The Hall–Kier alpha value is -1.66. The van der Waals surface area contributed by atoms with Gasteiger partial charge in [-0.1, -0.05) is 23.6 Å². The maximum atomic E-state index is 11.9. The van der Waals surface area contributed by atoms with E-state index in [1.807, 2.05) is 26.8 Å². The fourth-order valence-electron chi connectivity index (χ4n) is 2.07. The molecule has 3 nitrogen and oxygen atoms in total. The Bertz CT molecular complexity index is 577. The van der Waals surface area contributed by atoms with Gasteiger partial charge in [-0.05, 0) is 51.3 Å². The van der Waals surface area contributed by atoms with Crippen molar-refractivity contribution in [3.8, 4) is 12.3 Å². The zero-order valence-electron chi connectivity index (χ0n) is 11.9. The fraction of sp³-hybridized carbons (Fsp3) is 0.438. The zero-order chi connectivity index (χ0) is 15.0. The summed E-state index contributed by atoms with van der Waals surface area (Å²) in [6.07, 6.45) is 6.96. The lowest BCUT2D eigenvalue weighted by atomic mass is 9.95. The average Bonchev–Trinajstić information content (AvgIpc) is 3.07. The topological polar surface area (TPSA) is 38.3 Å². The van der Waals surface area contributed by atoms with E-state index in [0.717, 1.165) is 18.4 Å². The number of hydrogen-bond donors (Lipinski definition) is 1. The predicted octanol–water partition coefficient (Wildman–Crippen LogP) is 4.35. The number of benzene rings is 1. The lowest BCUT2D eigenvalue weighted by molar-refractivity contribution is 0.0636. The summed E-state index contributed by atoms with van der Waals surface area (Å²) in [6.45, 7) is 5.44. The fourth-order valence-corrected chi connectivity index (χ4v) is 2.24. The first-order valence-electron chi connectivity index (χ1n) is 6.54. The standard InChI is InChI=1S/C16H18ClNO2/c1-5-16(8-9-16)12-7-6-11(17)10-13(12)18-14(19)20-15(2,3)4/h1,6-7,10H,8-9H2,2-4H3,(H,18,19). The molecular formula is C16H18ClNO2. The molecule has 1 saturated carbocycles. The highest BCUT2D eigenvalue weighted by atomic mass is 35.5. The lowest BCUT2D eigenvalue weighted by Gasteiger charge is -2.21. The van der Waals surface area contributed by atoms with E-state index in [1.165, 1.54) is 0 Å². The third kappa shape index (κ3) is 3.26. The number of carbonyl (C=O) groups excluding carboxylic acids is 1. The average molecular weight is 292 g/mol. The monoisotopic (exact) mass is 291 g/mol. The number of terminal acetylenes is 1. The molecule has 0 spiro atoms. The van der Waals surface area contributed by atoms with Crippen molar-refractivity contribution in [3.63, 3.8) is 0 Å². The Labute approximate surface area is 124 Å². The molecule has 0 unspecified atom stereocenters. The molecule has 1 fully saturated rings. The minimum Gasteiger partial charge on any atom is -0.444 e. The molecule has 0 saturated heterocycles. The van der Waals surface area contributed by atoms with E-state index < -0.39 is 11.7 Å². The van der Waals surface area contributed by atoms with Gasteiger partial charge in [0.05, 0.1) is 11.1 Å². The molecule has 1 amide bonds. The van der Waals surface area contributed by atoms with E-state index in [1.54, 1.807) is 12.1 Å². The number of ether oxygens (including phenoxy) is 1. The molecule has 1 aliphatic carbocycles. The van der Waals surface area contributed by atoms with Crippen LogP contribution in [0, 0.1) is 12.3 Å². The zero-order valence-corrected chi connectivity index (χ0v) is 12.7. The molecule has 0 aromatic heterocycles. The van der Waals surface area contributed by atoms with Crippen molar-refractivity contribution < 1.29 is 9.53 Å². The van der Waals surface area contributed by atoms with E-state index in [-0.39, 0.29) is 5.41 Å². The summed E-state index contributed by atoms with van der Waals surface area (Å²) in [7, 11) is 0. The van der Waals surface area contributed by atoms with Crippen molar-refractivity contribution in [2.24, 2.45) is 0 Å². The second-order valence-electron chi connectivity index (χ2n) is 6.04. The lowest BCUT2D eigenvalue weighted by Crippen LogP contribution is -2.27. The minimum atomic E-state index is -0.549. The third-order valence-electron chi connectivity index (χ3n) is 3.16. The Balaban J connectivity index is 2.25. The highest BCUT2D eigenvalue weighted by Gasteiger charge is 2.44. The van der Waals surface area contributed by atoms with Crippen molar-refractivity contribution in [2.75, 3.05) is 5.32 Å². The quantitative estimate of drug-likeness (QED) is 0.823. The van der Waals surface area contributed by atoms with Gasteiger partial charge in [-0.2, -0.15) is 0 Å². The Kier molecular flexibility index (Phi) is 3.71. The summed E-state index contributed by atoms with van der Waals surface area (Å²) in [5.74, 6) is 2.81. The number of anilines is 1. The summed E-state index contributed by atoms with van der Waals surface area (Å²) < 4.78 is 5.26. The Morgan fingerprint density at radius 1 is 1.45 bits per heavy atom. The molecular weight excluding hydrogens is 274 g/mol. The van der Waals surface area contributed by atoms with E-state index >= 15 is 0 Å². The van der Waals surface area contributed by atoms with Crippen LogP contribution in [0.4, 0.5) is 10.5 Å². The molecule has 0 radical (unpaired) electrons. The first kappa shape index (κ1) is 14.7. The van der Waals surface area contributed by atoms with Crippen LogP contribution >= 0.6 is 11.6 Å². The van der Waals surface area contributed by atoms with Crippen LogP contribution in [0.25, 0.3) is 0 Å². The van der Waals surface area contributed by atoms with Gasteiger partial charge in [0, 0.05) is 5.02 Å². The minimum absolute atomic E-state index is 0.269. The molecule has 0 aliphatic heterocycles. The highest BCUT2D eigenvalue weighted by Crippen LogP contribution is 2.50. The van der Waals surface area contributed by atoms with E-state index in [4.69, 9.17) is 22.8 Å². The molecule has 1 aliphatic rings. The maximum Gasteiger partial charge on any atom is 0.412 e. The number of amides is 1. The Morgan fingerprint density at radius 3 is 2.60 bits per heavy atom. The van der Waals surface area contributed by atoms with Gasteiger partial charge in [0.1, 0.15) is 5.60 Å². The van der Waals surface area contributed by atoms with Crippen LogP contribution in [0.15, 0.2) is 18.2 Å². The molecule has 4 heteroatoms. The first-order chi connectivity index (χ1) is 9.26. The van der Waals surface area contributed by atoms with Gasteiger partial charge in [-0.25, -0.2) is 4.79 Å². The molecule has 0 bridgehead atoms. The van der Waals surface area contributed by atoms with Crippen molar-refractivity contribution in [1.29, 1.82) is 0 Å². The maximum absolute atomic E-state index is 11.9. The number of halogens is 1. The summed E-state index contributed by atoms with van der Waals surface area (Å²) in [5, 5.41) is 3.30. The summed E-state index contributed by atoms with van der Waals surface area (Å²) in [5.41, 5.74) is 0.735. The van der Waals surface area contributed by atoms with Crippen LogP contribution in [0.2, 0.25) is 5.02 Å². The highest BCUT2D eigenvalue weighted by molar-refractivity contribution is 6.31. The number of hydrogen-bond acceptors (Lipinski definition) is 2. The molecule has 1 aromatic carbocycles. The molecule has 1 N–H and O–H groups in total. The van der Waals surface area contributed by atoms with Gasteiger partial charge in [-0.15, -0.1) is 6.42 Å². The number of rotatable bonds is 2. The van der Waals surface area contributed by atoms with E-state index in [2.05, 4.69) is 11.2 Å². The van der Waals surface area contributed by atoms with Crippen LogP contribution in [0.1, 0.15) is 39.2 Å². The van der Waals surface area contributed by atoms with Gasteiger partial charge in [-0.3, -0.25) is 5.32 Å². The van der Waals surface area contributed by atoms with Gasteiger partial charge < -0.3 is 4.74 Å². The van der Waals surface area contributed by atoms with Gasteiger partial charge in [0.15, 0.2) is 0 Å². The van der Waals surface area contributed by atoms with Gasteiger partial charge in [0.2, 0.25) is 0 Å². The van der Waals surface area contributed by atoms with Crippen molar-refractivity contribution in [1.82, 2.24) is 0 Å². The SMILES string of the molecule is C#CC1(c2ccc(Cl)cc2NC(=O)OC(C)(C)C)CC1. The smallest absolute Gasteiger partial charge is 0.412 e. The summed E-state index contributed by atoms with van der Waals surface area (Å²) >= 11 is 6.00. The largest absolute Gasteiger partial charge is 0.444 e.